The van der Waals surface area contributed by atoms with Crippen molar-refractivity contribution in [3.8, 4) is 5.75 Å². The highest BCUT2D eigenvalue weighted by Crippen LogP contribution is 2.15. The molecule has 0 aliphatic rings. The van der Waals surface area contributed by atoms with Gasteiger partial charge in [0.05, 0.1) is 6.61 Å². The minimum absolute atomic E-state index is 0.384. The van der Waals surface area contributed by atoms with Crippen LogP contribution in [0.3, 0.4) is 0 Å². The Morgan fingerprint density at radius 3 is 2.43 bits per heavy atom. The van der Waals surface area contributed by atoms with E-state index in [0.717, 1.165) is 24.2 Å². The van der Waals surface area contributed by atoms with Gasteiger partial charge >= 0.3 is 6.09 Å². The lowest BCUT2D eigenvalue weighted by Crippen LogP contribution is -2.33. The van der Waals surface area contributed by atoms with Crippen molar-refractivity contribution in [3.63, 3.8) is 0 Å². The summed E-state index contributed by atoms with van der Waals surface area (Å²) >= 11 is 5.84. The first-order valence-electron chi connectivity index (χ1n) is 7.80. The predicted octanol–water partition coefficient (Wildman–Crippen LogP) is 4.67. The Morgan fingerprint density at radius 2 is 1.91 bits per heavy atom. The van der Waals surface area contributed by atoms with Crippen molar-refractivity contribution < 1.29 is 14.3 Å². The number of carbonyl (C=O) groups is 1. The van der Waals surface area contributed by atoms with E-state index in [1.165, 1.54) is 11.1 Å². The smallest absolute Gasteiger partial charge is 0.407 e. The van der Waals surface area contributed by atoms with Crippen molar-refractivity contribution in [2.75, 3.05) is 13.2 Å². The molecule has 0 aliphatic carbocycles. The first kappa shape index (κ1) is 19.4. The fraction of sp³-hybridized carbons (Fsp3) is 0.500. The van der Waals surface area contributed by atoms with Gasteiger partial charge in [-0.05, 0) is 63.8 Å². The molecule has 0 saturated heterocycles. The maximum Gasteiger partial charge on any atom is 0.407 e. The molecule has 5 heteroatoms. The highest BCUT2D eigenvalue weighted by Gasteiger charge is 2.15. The number of amides is 1. The number of carbonyl (C=O) groups excluding carboxylic acids is 1. The summed E-state index contributed by atoms with van der Waals surface area (Å²) in [6.45, 7) is 8.50. The molecule has 0 radical (unpaired) electrons. The Morgan fingerprint density at radius 1 is 1.26 bits per heavy atom. The summed E-state index contributed by atoms with van der Waals surface area (Å²) in [6.07, 6.45) is 1.18. The Bertz CT molecular complexity index is 518. The fourth-order valence-electron chi connectivity index (χ4n) is 1.91. The van der Waals surface area contributed by atoms with Crippen molar-refractivity contribution >= 4 is 17.7 Å². The minimum atomic E-state index is -0.503. The lowest BCUT2D eigenvalue weighted by Gasteiger charge is -2.20. The molecule has 23 heavy (non-hydrogen) atoms. The van der Waals surface area contributed by atoms with Crippen LogP contribution in [0.25, 0.3) is 0 Å². The number of hydrogen-bond acceptors (Lipinski definition) is 3. The van der Waals surface area contributed by atoms with Gasteiger partial charge in [0.15, 0.2) is 0 Å². The number of halogens is 1. The summed E-state index contributed by atoms with van der Waals surface area (Å²) in [5.74, 6) is 0.871. The molecule has 1 rings (SSSR count). The van der Waals surface area contributed by atoms with Crippen LogP contribution < -0.4 is 10.1 Å². The van der Waals surface area contributed by atoms with Gasteiger partial charge in [-0.3, -0.25) is 0 Å². The maximum absolute atomic E-state index is 11.6. The molecule has 1 amide bonds. The largest absolute Gasteiger partial charge is 0.494 e. The normalized spacial score (nSPS) is 12.0. The van der Waals surface area contributed by atoms with E-state index in [4.69, 9.17) is 21.1 Å². The Balaban J connectivity index is 2.40. The molecule has 0 spiro atoms. The van der Waals surface area contributed by atoms with Gasteiger partial charge in [-0.1, -0.05) is 23.7 Å². The van der Waals surface area contributed by atoms with E-state index >= 15 is 0 Å². The van der Waals surface area contributed by atoms with Gasteiger partial charge in [0.25, 0.3) is 0 Å². The molecule has 0 fully saturated rings. The lowest BCUT2D eigenvalue weighted by atomic mass is 10.1. The Kier molecular flexibility index (Phi) is 7.96. The Hall–Kier alpha value is -1.68. The van der Waals surface area contributed by atoms with Gasteiger partial charge in [0.2, 0.25) is 0 Å². The summed E-state index contributed by atoms with van der Waals surface area (Å²) in [6, 6.07) is 8.00. The zero-order chi connectivity index (χ0) is 17.3. The topological polar surface area (TPSA) is 47.6 Å². The number of alkyl carbamates (subject to hydrolysis) is 1. The second-order valence-corrected chi connectivity index (χ2v) is 6.42. The van der Waals surface area contributed by atoms with Gasteiger partial charge in [0, 0.05) is 12.1 Å². The van der Waals surface area contributed by atoms with E-state index in [2.05, 4.69) is 5.32 Å². The summed E-state index contributed by atoms with van der Waals surface area (Å²) in [7, 11) is 0. The molecule has 1 N–H and O–H groups in total. The number of rotatable bonds is 7. The number of hydrogen-bond donors (Lipinski definition) is 1. The molecule has 4 nitrogen and oxygen atoms in total. The molecule has 0 saturated carbocycles. The summed E-state index contributed by atoms with van der Waals surface area (Å²) < 4.78 is 10.6. The van der Waals surface area contributed by atoms with Crippen molar-refractivity contribution in [1.82, 2.24) is 5.32 Å². The standard InChI is InChI=1S/C18H26ClNO3/c1-5-22-16-10-8-14(9-11-16)6-7-15(12-19)13-20-17(21)23-18(2,3)4/h8-12H,5-7,13H2,1-4H3,(H,20,21)/b15-12+. The Labute approximate surface area is 143 Å². The van der Waals surface area contributed by atoms with E-state index in [1.807, 2.05) is 52.0 Å². The molecule has 0 atom stereocenters. The van der Waals surface area contributed by atoms with Crippen LogP contribution in [0.5, 0.6) is 5.75 Å². The number of aryl methyl sites for hydroxylation is 1. The summed E-state index contributed by atoms with van der Waals surface area (Å²) in [5, 5.41) is 2.72. The molecule has 0 heterocycles. The van der Waals surface area contributed by atoms with Gasteiger partial charge in [-0.15, -0.1) is 0 Å². The molecule has 0 bridgehead atoms. The predicted molar refractivity (Wildman–Crippen MR) is 94.1 cm³/mol. The highest BCUT2D eigenvalue weighted by molar-refractivity contribution is 6.25. The molecule has 1 aromatic carbocycles. The SMILES string of the molecule is CCOc1ccc(CC/C(=C\Cl)CNC(=O)OC(C)(C)C)cc1. The van der Waals surface area contributed by atoms with Gasteiger partial charge in [-0.2, -0.15) is 0 Å². The van der Waals surface area contributed by atoms with E-state index in [0.29, 0.717) is 13.2 Å². The molecule has 0 aliphatic heterocycles. The van der Waals surface area contributed by atoms with Crippen LogP contribution >= 0.6 is 11.6 Å². The van der Waals surface area contributed by atoms with Crippen molar-refractivity contribution in [2.24, 2.45) is 0 Å². The summed E-state index contributed by atoms with van der Waals surface area (Å²) in [5.41, 5.74) is 3.16. The van der Waals surface area contributed by atoms with Crippen molar-refractivity contribution in [3.05, 3.63) is 40.9 Å². The molecule has 128 valence electrons. The highest BCUT2D eigenvalue weighted by atomic mass is 35.5. The van der Waals surface area contributed by atoms with E-state index in [-0.39, 0.29) is 0 Å². The van der Waals surface area contributed by atoms with E-state index < -0.39 is 11.7 Å². The maximum atomic E-state index is 11.6. The molecule has 0 unspecified atom stereocenters. The van der Waals surface area contributed by atoms with E-state index in [9.17, 15) is 4.79 Å². The average Bonchev–Trinajstić information content (AvgIpc) is 2.47. The second kappa shape index (κ2) is 9.46. The third-order valence-electron chi connectivity index (χ3n) is 2.98. The monoisotopic (exact) mass is 339 g/mol. The van der Waals surface area contributed by atoms with Gasteiger partial charge in [0.1, 0.15) is 11.4 Å². The first-order valence-corrected chi connectivity index (χ1v) is 8.24. The molecule has 1 aromatic rings. The number of ether oxygens (including phenoxy) is 2. The van der Waals surface area contributed by atoms with Crippen LogP contribution in [0.1, 0.15) is 39.7 Å². The van der Waals surface area contributed by atoms with Crippen LogP contribution in [0.4, 0.5) is 4.79 Å². The first-order chi connectivity index (χ1) is 10.8. The number of benzene rings is 1. The molecule has 0 aromatic heterocycles. The third kappa shape index (κ3) is 8.50. The zero-order valence-electron chi connectivity index (χ0n) is 14.3. The van der Waals surface area contributed by atoms with E-state index in [1.54, 1.807) is 0 Å². The average molecular weight is 340 g/mol. The molecular weight excluding hydrogens is 314 g/mol. The van der Waals surface area contributed by atoms with Crippen molar-refractivity contribution in [1.29, 1.82) is 0 Å². The van der Waals surface area contributed by atoms with Gasteiger partial charge in [-0.25, -0.2) is 4.79 Å². The lowest BCUT2D eigenvalue weighted by molar-refractivity contribution is 0.0532. The van der Waals surface area contributed by atoms with Crippen LogP contribution in [0.15, 0.2) is 35.4 Å². The van der Waals surface area contributed by atoms with Crippen LogP contribution in [0, 0.1) is 0 Å². The molecular formula is C18H26ClNO3. The summed E-state index contributed by atoms with van der Waals surface area (Å²) in [4.78, 5) is 11.6. The second-order valence-electron chi connectivity index (χ2n) is 6.20. The number of nitrogens with one attached hydrogen (secondary N) is 1. The van der Waals surface area contributed by atoms with Crippen LogP contribution in [-0.2, 0) is 11.2 Å². The van der Waals surface area contributed by atoms with Gasteiger partial charge < -0.3 is 14.8 Å². The third-order valence-corrected chi connectivity index (χ3v) is 3.29. The minimum Gasteiger partial charge on any atom is -0.494 e. The quantitative estimate of drug-likeness (QED) is 0.785. The van der Waals surface area contributed by atoms with Crippen LogP contribution in [-0.4, -0.2) is 24.8 Å². The van der Waals surface area contributed by atoms with Crippen LogP contribution in [0.2, 0.25) is 0 Å². The fourth-order valence-corrected chi connectivity index (χ4v) is 2.09. The zero-order valence-corrected chi connectivity index (χ0v) is 15.1. The van der Waals surface area contributed by atoms with Crippen molar-refractivity contribution in [2.45, 2.75) is 46.1 Å².